The number of carbonyl (C=O) groups is 1. The molecule has 0 atom stereocenters. The van der Waals surface area contributed by atoms with Crippen molar-refractivity contribution in [2.45, 2.75) is 50.1 Å². The fourth-order valence-electron chi connectivity index (χ4n) is 3.54. The third-order valence-electron chi connectivity index (χ3n) is 5.46. The zero-order chi connectivity index (χ0) is 20.9. The maximum absolute atomic E-state index is 12.9. The number of hydrogen-bond donors (Lipinski definition) is 2. The number of benzene rings is 1. The minimum absolute atomic E-state index is 0.0484. The number of aromatic nitrogens is 1. The second kappa shape index (κ2) is 9.37. The Kier molecular flexibility index (Phi) is 6.87. The molecule has 1 saturated carbocycles. The molecule has 1 aromatic heterocycles. The van der Waals surface area contributed by atoms with Gasteiger partial charge in [-0.3, -0.25) is 4.98 Å². The van der Waals surface area contributed by atoms with Crippen molar-refractivity contribution in [3.63, 3.8) is 0 Å². The molecule has 156 valence electrons. The number of rotatable bonds is 6. The van der Waals surface area contributed by atoms with Gasteiger partial charge < -0.3 is 10.6 Å². The fraction of sp³-hybridized carbons (Fsp3) is 0.429. The van der Waals surface area contributed by atoms with E-state index in [0.717, 1.165) is 31.2 Å². The number of sulfonamides is 1. The molecule has 0 saturated heterocycles. The summed E-state index contributed by atoms with van der Waals surface area (Å²) < 4.78 is 27.4. The second-order valence-corrected chi connectivity index (χ2v) is 9.63. The Bertz CT molecular complexity index is 909. The zero-order valence-electron chi connectivity index (χ0n) is 16.8. The lowest BCUT2D eigenvalue weighted by molar-refractivity contribution is 0.246. The Morgan fingerprint density at radius 2 is 1.83 bits per heavy atom. The van der Waals surface area contributed by atoms with Crippen LogP contribution in [0.25, 0.3) is 0 Å². The summed E-state index contributed by atoms with van der Waals surface area (Å²) in [6.45, 7) is 2.57. The van der Waals surface area contributed by atoms with E-state index in [4.69, 9.17) is 0 Å². The topological polar surface area (TPSA) is 91.4 Å². The predicted octanol–water partition coefficient (Wildman–Crippen LogP) is 3.60. The average Bonchev–Trinajstić information content (AvgIpc) is 2.73. The van der Waals surface area contributed by atoms with Crippen LogP contribution in [0.15, 0.2) is 53.7 Å². The lowest BCUT2D eigenvalue weighted by atomic mass is 9.87. The van der Waals surface area contributed by atoms with Crippen LogP contribution in [0.1, 0.15) is 38.2 Å². The number of urea groups is 1. The highest BCUT2D eigenvalue weighted by Gasteiger charge is 2.30. The van der Waals surface area contributed by atoms with Gasteiger partial charge in [-0.2, -0.15) is 4.31 Å². The van der Waals surface area contributed by atoms with Crippen LogP contribution in [0.4, 0.5) is 10.5 Å². The van der Waals surface area contributed by atoms with Gasteiger partial charge in [0.05, 0.1) is 4.90 Å². The van der Waals surface area contributed by atoms with Gasteiger partial charge >= 0.3 is 6.03 Å². The van der Waals surface area contributed by atoms with E-state index in [1.165, 1.54) is 16.4 Å². The maximum atomic E-state index is 12.9. The number of anilines is 1. The van der Waals surface area contributed by atoms with Gasteiger partial charge in [0, 0.05) is 37.7 Å². The Morgan fingerprint density at radius 1 is 1.14 bits per heavy atom. The Hall–Kier alpha value is -2.45. The first-order valence-electron chi connectivity index (χ1n) is 9.88. The summed E-state index contributed by atoms with van der Waals surface area (Å²) in [6.07, 6.45) is 7.26. The molecule has 2 amide bonds. The standard InChI is InChI=1S/C21H28N4O3S/c1-16-5-9-19(10-6-16)25(2)29(27,28)20-11-7-18(8-12-20)24-21(26)23-15-17-4-3-13-22-14-17/h3-4,7-8,11-14,16,19H,5-6,9-10,15H2,1-2H3,(H2,23,24,26). The van der Waals surface area contributed by atoms with E-state index in [2.05, 4.69) is 22.5 Å². The molecule has 0 unspecified atom stereocenters. The molecule has 8 heteroatoms. The molecule has 1 heterocycles. The molecule has 7 nitrogen and oxygen atoms in total. The van der Waals surface area contributed by atoms with E-state index in [9.17, 15) is 13.2 Å². The fourth-order valence-corrected chi connectivity index (χ4v) is 4.96. The van der Waals surface area contributed by atoms with Crippen LogP contribution >= 0.6 is 0 Å². The van der Waals surface area contributed by atoms with Crippen LogP contribution in [-0.4, -0.2) is 36.8 Å². The van der Waals surface area contributed by atoms with E-state index in [0.29, 0.717) is 18.2 Å². The predicted molar refractivity (Wildman–Crippen MR) is 113 cm³/mol. The van der Waals surface area contributed by atoms with Crippen molar-refractivity contribution >= 4 is 21.7 Å². The number of pyridine rings is 1. The third-order valence-corrected chi connectivity index (χ3v) is 7.39. The van der Waals surface area contributed by atoms with Crippen molar-refractivity contribution in [1.29, 1.82) is 0 Å². The summed E-state index contributed by atoms with van der Waals surface area (Å²) in [4.78, 5) is 16.3. The SMILES string of the molecule is CC1CCC(N(C)S(=O)(=O)c2ccc(NC(=O)NCc3cccnc3)cc2)CC1. The van der Waals surface area contributed by atoms with Crippen LogP contribution in [0.2, 0.25) is 0 Å². The summed E-state index contributed by atoms with van der Waals surface area (Å²) in [7, 11) is -1.89. The van der Waals surface area contributed by atoms with E-state index in [-0.39, 0.29) is 17.0 Å². The molecule has 0 radical (unpaired) electrons. The summed E-state index contributed by atoms with van der Waals surface area (Å²) in [6, 6.07) is 9.64. The average molecular weight is 417 g/mol. The third kappa shape index (κ3) is 5.55. The van der Waals surface area contributed by atoms with Gasteiger partial charge in [0.2, 0.25) is 10.0 Å². The van der Waals surface area contributed by atoms with Gasteiger partial charge in [0.15, 0.2) is 0 Å². The highest BCUT2D eigenvalue weighted by molar-refractivity contribution is 7.89. The van der Waals surface area contributed by atoms with Crippen molar-refractivity contribution in [3.8, 4) is 0 Å². The smallest absolute Gasteiger partial charge is 0.319 e. The Morgan fingerprint density at radius 3 is 2.45 bits per heavy atom. The molecule has 0 spiro atoms. The summed E-state index contributed by atoms with van der Waals surface area (Å²) in [5.74, 6) is 0.664. The molecule has 1 aromatic carbocycles. The van der Waals surface area contributed by atoms with Crippen LogP contribution in [0.3, 0.4) is 0 Å². The maximum Gasteiger partial charge on any atom is 0.319 e. The molecule has 1 aliphatic rings. The molecule has 1 aliphatic carbocycles. The van der Waals surface area contributed by atoms with Gasteiger partial charge in [0.1, 0.15) is 0 Å². The lowest BCUT2D eigenvalue weighted by Gasteiger charge is -2.32. The molecule has 2 N–H and O–H groups in total. The summed E-state index contributed by atoms with van der Waals surface area (Å²) >= 11 is 0. The van der Waals surface area contributed by atoms with E-state index in [1.807, 2.05) is 6.07 Å². The van der Waals surface area contributed by atoms with Crippen LogP contribution in [-0.2, 0) is 16.6 Å². The van der Waals surface area contributed by atoms with Crippen molar-refractivity contribution in [3.05, 3.63) is 54.4 Å². The lowest BCUT2D eigenvalue weighted by Crippen LogP contribution is -2.39. The number of amides is 2. The largest absolute Gasteiger partial charge is 0.334 e. The molecule has 29 heavy (non-hydrogen) atoms. The van der Waals surface area contributed by atoms with E-state index < -0.39 is 10.0 Å². The molecule has 0 bridgehead atoms. The Balaban J connectivity index is 1.58. The van der Waals surface area contributed by atoms with Gasteiger partial charge in [-0.05, 0) is 67.5 Å². The molecule has 1 fully saturated rings. The van der Waals surface area contributed by atoms with Gasteiger partial charge in [-0.15, -0.1) is 0 Å². The first-order valence-corrected chi connectivity index (χ1v) is 11.3. The van der Waals surface area contributed by atoms with Gasteiger partial charge in [0.25, 0.3) is 0 Å². The van der Waals surface area contributed by atoms with Crippen LogP contribution in [0.5, 0.6) is 0 Å². The molecule has 2 aromatic rings. The highest BCUT2D eigenvalue weighted by Crippen LogP contribution is 2.29. The molecular weight excluding hydrogens is 388 g/mol. The normalized spacial score (nSPS) is 19.7. The number of hydrogen-bond acceptors (Lipinski definition) is 4. The highest BCUT2D eigenvalue weighted by atomic mass is 32.2. The minimum Gasteiger partial charge on any atom is -0.334 e. The van der Waals surface area contributed by atoms with Crippen LogP contribution in [0, 0.1) is 5.92 Å². The summed E-state index contributed by atoms with van der Waals surface area (Å²) in [5.41, 5.74) is 1.42. The zero-order valence-corrected chi connectivity index (χ0v) is 17.7. The minimum atomic E-state index is -3.55. The van der Waals surface area contributed by atoms with Gasteiger partial charge in [-0.1, -0.05) is 13.0 Å². The monoisotopic (exact) mass is 416 g/mol. The van der Waals surface area contributed by atoms with E-state index >= 15 is 0 Å². The number of carbonyl (C=O) groups excluding carboxylic acids is 1. The van der Waals surface area contributed by atoms with Crippen molar-refractivity contribution in [2.24, 2.45) is 5.92 Å². The van der Waals surface area contributed by atoms with Crippen molar-refractivity contribution in [2.75, 3.05) is 12.4 Å². The van der Waals surface area contributed by atoms with Crippen molar-refractivity contribution in [1.82, 2.24) is 14.6 Å². The van der Waals surface area contributed by atoms with Crippen LogP contribution < -0.4 is 10.6 Å². The quantitative estimate of drug-likeness (QED) is 0.753. The first-order chi connectivity index (χ1) is 13.9. The Labute approximate surface area is 172 Å². The molecule has 3 rings (SSSR count). The van der Waals surface area contributed by atoms with Gasteiger partial charge in [-0.25, -0.2) is 13.2 Å². The number of nitrogens with zero attached hydrogens (tertiary/aromatic N) is 2. The summed E-state index contributed by atoms with van der Waals surface area (Å²) in [5, 5.41) is 5.45. The first kappa shape index (κ1) is 21.3. The molecular formula is C21H28N4O3S. The molecule has 0 aliphatic heterocycles. The number of nitrogens with one attached hydrogen (secondary N) is 2. The van der Waals surface area contributed by atoms with E-state index in [1.54, 1.807) is 37.6 Å². The second-order valence-electron chi connectivity index (χ2n) is 7.63. The van der Waals surface area contributed by atoms with Crippen molar-refractivity contribution < 1.29 is 13.2 Å².